The van der Waals surface area contributed by atoms with E-state index in [0.717, 1.165) is 57.8 Å². The number of ether oxygens (including phenoxy) is 3. The van der Waals surface area contributed by atoms with Crippen LogP contribution in [0.2, 0.25) is 0 Å². The third kappa shape index (κ3) is 24.9. The summed E-state index contributed by atoms with van der Waals surface area (Å²) in [5, 5.41) is 10.3. The molecule has 0 heterocycles. The highest BCUT2D eigenvalue weighted by atomic mass is 16.6. The topological polar surface area (TPSA) is 99.1 Å². The van der Waals surface area contributed by atoms with Crippen LogP contribution in [0, 0.1) is 5.41 Å². The van der Waals surface area contributed by atoms with E-state index in [0.29, 0.717) is 19.3 Å². The Morgan fingerprint density at radius 3 is 0.905 bits per heavy atom. The smallest absolute Gasteiger partial charge is 0.305 e. The molecule has 0 aliphatic heterocycles. The molecule has 7 heteroatoms. The Kier molecular flexibility index (Phi) is 28.3. The lowest BCUT2D eigenvalue weighted by molar-refractivity contribution is -0.165. The van der Waals surface area contributed by atoms with Crippen LogP contribution in [0.15, 0.2) is 0 Å². The molecule has 0 aromatic rings. The van der Waals surface area contributed by atoms with E-state index >= 15 is 0 Å². The van der Waals surface area contributed by atoms with Gasteiger partial charge in [0.25, 0.3) is 0 Å². The molecule has 0 saturated heterocycles. The number of carbonyl (C=O) groups is 3. The van der Waals surface area contributed by atoms with Crippen LogP contribution in [0.4, 0.5) is 0 Å². The maximum atomic E-state index is 12.4. The number of hydrogen-bond donors (Lipinski definition) is 1. The molecule has 0 bridgehead atoms. The highest BCUT2D eigenvalue weighted by Crippen LogP contribution is 2.21. The molecule has 0 atom stereocenters. The Morgan fingerprint density at radius 1 is 0.429 bits per heavy atom. The highest BCUT2D eigenvalue weighted by molar-refractivity contribution is 5.70. The monoisotopic (exact) mass is 598 g/mol. The van der Waals surface area contributed by atoms with E-state index in [4.69, 9.17) is 14.2 Å². The standard InChI is InChI=1S/C35H66O7/c1-4-7-10-13-16-19-22-25-32(37)40-29-35(28-36,30-41-33(38)26-23-20-17-14-11-8-5-2)31-42-34(39)27-24-21-18-15-12-9-6-3/h36H,4-31H2,1-3H3. The summed E-state index contributed by atoms with van der Waals surface area (Å²) >= 11 is 0. The molecular formula is C35H66O7. The predicted octanol–water partition coefficient (Wildman–Crippen LogP) is 9.02. The molecule has 0 aliphatic rings. The van der Waals surface area contributed by atoms with Crippen molar-refractivity contribution < 1.29 is 33.7 Å². The summed E-state index contributed by atoms with van der Waals surface area (Å²) in [6.45, 7) is 5.68. The van der Waals surface area contributed by atoms with Gasteiger partial charge in [-0.3, -0.25) is 14.4 Å². The van der Waals surface area contributed by atoms with Gasteiger partial charge in [0.05, 0.1) is 12.0 Å². The Balaban J connectivity index is 4.70. The Labute approximate surface area is 258 Å². The van der Waals surface area contributed by atoms with Gasteiger partial charge in [-0.2, -0.15) is 0 Å². The van der Waals surface area contributed by atoms with Crippen molar-refractivity contribution in [1.82, 2.24) is 0 Å². The van der Waals surface area contributed by atoms with Crippen molar-refractivity contribution in [2.24, 2.45) is 5.41 Å². The molecule has 248 valence electrons. The minimum Gasteiger partial charge on any atom is -0.465 e. The largest absolute Gasteiger partial charge is 0.465 e. The molecule has 0 saturated carbocycles. The summed E-state index contributed by atoms with van der Waals surface area (Å²) in [6.07, 6.45) is 24.1. The fraction of sp³-hybridized carbons (Fsp3) is 0.914. The lowest BCUT2D eigenvalue weighted by Crippen LogP contribution is -2.42. The normalized spacial score (nSPS) is 11.4. The van der Waals surface area contributed by atoms with Gasteiger partial charge >= 0.3 is 17.9 Å². The van der Waals surface area contributed by atoms with Crippen LogP contribution in [0.25, 0.3) is 0 Å². The van der Waals surface area contributed by atoms with E-state index in [1.54, 1.807) is 0 Å². The van der Waals surface area contributed by atoms with Crippen LogP contribution in [0.5, 0.6) is 0 Å². The van der Waals surface area contributed by atoms with Crippen LogP contribution >= 0.6 is 0 Å². The Bertz CT molecular complexity index is 566. The molecule has 0 aromatic carbocycles. The van der Waals surface area contributed by atoms with Gasteiger partial charge < -0.3 is 19.3 Å². The van der Waals surface area contributed by atoms with Gasteiger partial charge in [0.1, 0.15) is 19.8 Å². The van der Waals surface area contributed by atoms with Crippen molar-refractivity contribution in [2.75, 3.05) is 26.4 Å². The van der Waals surface area contributed by atoms with Crippen LogP contribution in [0.1, 0.15) is 175 Å². The summed E-state index contributed by atoms with van der Waals surface area (Å²) in [5.41, 5.74) is -1.17. The van der Waals surface area contributed by atoms with Gasteiger partial charge in [-0.1, -0.05) is 136 Å². The summed E-state index contributed by atoms with van der Waals surface area (Å²) in [6, 6.07) is 0. The van der Waals surface area contributed by atoms with E-state index in [1.807, 2.05) is 0 Å². The number of carbonyl (C=O) groups excluding carboxylic acids is 3. The molecule has 0 unspecified atom stereocenters. The Hall–Kier alpha value is -1.63. The zero-order valence-electron chi connectivity index (χ0n) is 27.7. The van der Waals surface area contributed by atoms with Crippen molar-refractivity contribution in [3.63, 3.8) is 0 Å². The summed E-state index contributed by atoms with van der Waals surface area (Å²) in [4.78, 5) is 37.3. The number of aliphatic hydroxyl groups excluding tert-OH is 1. The fourth-order valence-corrected chi connectivity index (χ4v) is 4.86. The van der Waals surface area contributed by atoms with Crippen molar-refractivity contribution >= 4 is 17.9 Å². The molecule has 1 N–H and O–H groups in total. The number of rotatable bonds is 31. The summed E-state index contributed by atoms with van der Waals surface area (Å²) < 4.78 is 16.6. The maximum absolute atomic E-state index is 12.4. The zero-order chi connectivity index (χ0) is 31.2. The number of esters is 3. The molecule has 7 nitrogen and oxygen atoms in total. The second-order valence-electron chi connectivity index (χ2n) is 12.3. The van der Waals surface area contributed by atoms with Crippen molar-refractivity contribution in [1.29, 1.82) is 0 Å². The van der Waals surface area contributed by atoms with E-state index in [1.165, 1.54) is 77.0 Å². The second kappa shape index (κ2) is 29.4. The summed E-state index contributed by atoms with van der Waals surface area (Å²) in [5.74, 6) is -1.03. The fourth-order valence-electron chi connectivity index (χ4n) is 4.86. The quantitative estimate of drug-likeness (QED) is 0.0483. The van der Waals surface area contributed by atoms with Crippen molar-refractivity contribution in [3.05, 3.63) is 0 Å². The van der Waals surface area contributed by atoms with Crippen molar-refractivity contribution in [2.45, 2.75) is 175 Å². The first-order valence-electron chi connectivity index (χ1n) is 17.5. The van der Waals surface area contributed by atoms with E-state index in [-0.39, 0.29) is 37.7 Å². The number of hydrogen-bond acceptors (Lipinski definition) is 7. The molecule has 0 amide bonds. The third-order valence-corrected chi connectivity index (χ3v) is 7.91. The first-order chi connectivity index (χ1) is 20.4. The average molecular weight is 599 g/mol. The average Bonchev–Trinajstić information content (AvgIpc) is 2.99. The van der Waals surface area contributed by atoms with Gasteiger partial charge in [-0.25, -0.2) is 0 Å². The first kappa shape index (κ1) is 40.4. The van der Waals surface area contributed by atoms with Crippen LogP contribution in [-0.2, 0) is 28.6 Å². The molecule has 0 spiro atoms. The van der Waals surface area contributed by atoms with Gasteiger partial charge in [-0.15, -0.1) is 0 Å². The SMILES string of the molecule is CCCCCCCCCC(=O)OCC(CO)(COC(=O)CCCCCCCCC)COC(=O)CCCCCCCCC. The minimum atomic E-state index is -1.17. The molecular weight excluding hydrogens is 532 g/mol. The van der Waals surface area contributed by atoms with E-state index < -0.39 is 12.0 Å². The Morgan fingerprint density at radius 2 is 0.667 bits per heavy atom. The lowest BCUT2D eigenvalue weighted by Gasteiger charge is -2.30. The number of unbranched alkanes of at least 4 members (excludes halogenated alkanes) is 18. The molecule has 42 heavy (non-hydrogen) atoms. The molecule has 0 aromatic heterocycles. The summed E-state index contributed by atoms with van der Waals surface area (Å²) in [7, 11) is 0. The molecule has 0 aliphatic carbocycles. The first-order valence-corrected chi connectivity index (χ1v) is 17.5. The third-order valence-electron chi connectivity index (χ3n) is 7.91. The van der Waals surface area contributed by atoms with Crippen LogP contribution in [-0.4, -0.2) is 49.4 Å². The minimum absolute atomic E-state index is 0.158. The van der Waals surface area contributed by atoms with Gasteiger partial charge in [-0.05, 0) is 19.3 Å². The van der Waals surface area contributed by atoms with E-state index in [2.05, 4.69) is 20.8 Å². The second-order valence-corrected chi connectivity index (χ2v) is 12.3. The maximum Gasteiger partial charge on any atom is 0.305 e. The molecule has 0 fully saturated rings. The molecule has 0 radical (unpaired) electrons. The highest BCUT2D eigenvalue weighted by Gasteiger charge is 2.35. The van der Waals surface area contributed by atoms with Gasteiger partial charge in [0, 0.05) is 19.3 Å². The van der Waals surface area contributed by atoms with Crippen LogP contribution < -0.4 is 0 Å². The van der Waals surface area contributed by atoms with E-state index in [9.17, 15) is 19.5 Å². The van der Waals surface area contributed by atoms with Gasteiger partial charge in [0.15, 0.2) is 0 Å². The number of aliphatic hydroxyl groups is 1. The van der Waals surface area contributed by atoms with Gasteiger partial charge in [0.2, 0.25) is 0 Å². The van der Waals surface area contributed by atoms with Crippen molar-refractivity contribution in [3.8, 4) is 0 Å². The molecule has 0 rings (SSSR count). The lowest BCUT2D eigenvalue weighted by atomic mass is 9.92. The predicted molar refractivity (Wildman–Crippen MR) is 170 cm³/mol. The zero-order valence-corrected chi connectivity index (χ0v) is 27.7. The van der Waals surface area contributed by atoms with Crippen LogP contribution in [0.3, 0.4) is 0 Å².